The van der Waals surface area contributed by atoms with Gasteiger partial charge in [-0.3, -0.25) is 9.89 Å². The highest BCUT2D eigenvalue weighted by Crippen LogP contribution is 2.38. The molecule has 0 fully saturated rings. The molecule has 30 heavy (non-hydrogen) atoms. The van der Waals surface area contributed by atoms with Gasteiger partial charge >= 0.3 is 5.63 Å². The third-order valence-corrected chi connectivity index (χ3v) is 5.36. The minimum atomic E-state index is -0.643. The molecular weight excluding hydrogens is 386 g/mol. The first-order valence-electron chi connectivity index (χ1n) is 9.49. The van der Waals surface area contributed by atoms with Gasteiger partial charge in [0, 0.05) is 5.69 Å². The van der Waals surface area contributed by atoms with E-state index in [2.05, 4.69) is 10.3 Å². The van der Waals surface area contributed by atoms with Crippen LogP contribution in [0.25, 0.3) is 5.69 Å². The van der Waals surface area contributed by atoms with Crippen LogP contribution < -0.4 is 20.7 Å². The second-order valence-electron chi connectivity index (χ2n) is 7.20. The van der Waals surface area contributed by atoms with Gasteiger partial charge in [-0.05, 0) is 43.7 Å². The van der Waals surface area contributed by atoms with E-state index in [1.54, 1.807) is 19.1 Å². The fourth-order valence-corrected chi connectivity index (χ4v) is 3.95. The SMILES string of the molecule is Cc1[nH]oc(=O)c1C(c1ccc2c(c1)OCO2)c1c(C)[nH]n(-c2ccccc2)c1=O. The van der Waals surface area contributed by atoms with Crippen LogP contribution in [0.4, 0.5) is 0 Å². The summed E-state index contributed by atoms with van der Waals surface area (Å²) in [6.45, 7) is 3.70. The zero-order chi connectivity index (χ0) is 20.8. The number of para-hydroxylation sites is 1. The normalized spacial score (nSPS) is 13.5. The Hall–Kier alpha value is -3.94. The van der Waals surface area contributed by atoms with Crippen LogP contribution in [0, 0.1) is 13.8 Å². The van der Waals surface area contributed by atoms with Crippen molar-refractivity contribution in [2.45, 2.75) is 19.8 Å². The van der Waals surface area contributed by atoms with Gasteiger partial charge in [-0.15, -0.1) is 0 Å². The molecular formula is C22H19N3O5. The Balaban J connectivity index is 1.76. The number of hydrogen-bond donors (Lipinski definition) is 2. The average molecular weight is 405 g/mol. The summed E-state index contributed by atoms with van der Waals surface area (Å²) >= 11 is 0. The molecule has 152 valence electrons. The molecule has 3 heterocycles. The molecule has 4 aromatic rings. The number of aryl methyl sites for hydroxylation is 2. The zero-order valence-corrected chi connectivity index (χ0v) is 16.4. The summed E-state index contributed by atoms with van der Waals surface area (Å²) in [6, 6.07) is 14.7. The maximum absolute atomic E-state index is 13.5. The summed E-state index contributed by atoms with van der Waals surface area (Å²) in [5.41, 5.74) is 2.76. The first kappa shape index (κ1) is 18.1. The summed E-state index contributed by atoms with van der Waals surface area (Å²) in [5.74, 6) is 0.560. The number of benzene rings is 2. The standard InChI is InChI=1S/C22H19N3O5/c1-12-18(21(26)25(23-12)15-6-4-3-5-7-15)20(19-13(2)24-30-22(19)27)14-8-9-16-17(10-14)29-11-28-16/h3-10,20,23-24H,11H2,1-2H3. The number of nitrogens with zero attached hydrogens (tertiary/aromatic N) is 1. The Kier molecular flexibility index (Phi) is 4.13. The van der Waals surface area contributed by atoms with Crippen molar-refractivity contribution < 1.29 is 14.0 Å². The molecule has 1 atom stereocenters. The molecule has 8 heteroatoms. The first-order valence-corrected chi connectivity index (χ1v) is 9.49. The van der Waals surface area contributed by atoms with Gasteiger partial charge in [0.05, 0.1) is 28.4 Å². The number of hydrogen-bond acceptors (Lipinski definition) is 5. The van der Waals surface area contributed by atoms with Crippen molar-refractivity contribution in [1.29, 1.82) is 0 Å². The van der Waals surface area contributed by atoms with Crippen LogP contribution in [0.5, 0.6) is 11.5 Å². The molecule has 2 aromatic heterocycles. The fraction of sp³-hybridized carbons (Fsp3) is 0.182. The summed E-state index contributed by atoms with van der Waals surface area (Å²) in [7, 11) is 0. The van der Waals surface area contributed by atoms with E-state index in [-0.39, 0.29) is 12.4 Å². The zero-order valence-electron chi connectivity index (χ0n) is 16.4. The molecule has 5 rings (SSSR count). The molecule has 0 bridgehead atoms. The Bertz CT molecular complexity index is 1340. The molecule has 1 unspecified atom stereocenters. The molecule has 0 radical (unpaired) electrons. The van der Waals surface area contributed by atoms with Gasteiger partial charge in [-0.2, -0.15) is 0 Å². The highest BCUT2D eigenvalue weighted by Gasteiger charge is 2.31. The number of ether oxygens (including phenoxy) is 2. The van der Waals surface area contributed by atoms with Crippen molar-refractivity contribution in [3.05, 3.63) is 97.4 Å². The summed E-state index contributed by atoms with van der Waals surface area (Å²) in [4.78, 5) is 26.1. The lowest BCUT2D eigenvalue weighted by Gasteiger charge is -2.15. The Morgan fingerprint density at radius 2 is 1.70 bits per heavy atom. The van der Waals surface area contributed by atoms with Gasteiger partial charge in [0.2, 0.25) is 6.79 Å². The van der Waals surface area contributed by atoms with Crippen LogP contribution in [0.15, 0.2) is 62.6 Å². The number of aromatic nitrogens is 3. The monoisotopic (exact) mass is 405 g/mol. The molecule has 8 nitrogen and oxygen atoms in total. The Labute approximate surface area is 170 Å². The summed E-state index contributed by atoms with van der Waals surface area (Å²) in [5, 5.41) is 5.76. The second kappa shape index (κ2) is 6.84. The van der Waals surface area contributed by atoms with Gasteiger partial charge in [0.15, 0.2) is 11.5 Å². The van der Waals surface area contributed by atoms with Crippen molar-refractivity contribution >= 4 is 0 Å². The molecule has 1 aliphatic rings. The predicted octanol–water partition coefficient (Wildman–Crippen LogP) is 2.97. The smallest absolute Gasteiger partial charge is 0.361 e. The molecule has 2 N–H and O–H groups in total. The van der Waals surface area contributed by atoms with E-state index in [0.717, 1.165) is 5.56 Å². The third-order valence-electron chi connectivity index (χ3n) is 5.36. The first-order chi connectivity index (χ1) is 14.5. The number of nitrogens with one attached hydrogen (secondary N) is 2. The molecule has 0 spiro atoms. The van der Waals surface area contributed by atoms with Gasteiger partial charge in [-0.1, -0.05) is 24.3 Å². The quantitative estimate of drug-likeness (QED) is 0.543. The molecule has 0 amide bonds. The van der Waals surface area contributed by atoms with Crippen LogP contribution in [0.1, 0.15) is 34.0 Å². The van der Waals surface area contributed by atoms with Crippen molar-refractivity contribution in [2.24, 2.45) is 0 Å². The van der Waals surface area contributed by atoms with E-state index in [1.165, 1.54) is 4.68 Å². The van der Waals surface area contributed by atoms with Crippen molar-refractivity contribution in [2.75, 3.05) is 6.79 Å². The van der Waals surface area contributed by atoms with Crippen molar-refractivity contribution in [3.8, 4) is 17.2 Å². The highest BCUT2D eigenvalue weighted by atomic mass is 16.7. The Morgan fingerprint density at radius 1 is 0.933 bits per heavy atom. The van der Waals surface area contributed by atoms with Gasteiger partial charge in [0.25, 0.3) is 5.56 Å². The number of aromatic amines is 2. The maximum Gasteiger partial charge on any atom is 0.361 e. The van der Waals surface area contributed by atoms with Crippen molar-refractivity contribution in [1.82, 2.24) is 14.9 Å². The topological polar surface area (TPSA) is 102 Å². The maximum atomic E-state index is 13.5. The molecule has 2 aromatic carbocycles. The van der Waals surface area contributed by atoms with Crippen LogP contribution >= 0.6 is 0 Å². The van der Waals surface area contributed by atoms with Crippen LogP contribution in [0.2, 0.25) is 0 Å². The van der Waals surface area contributed by atoms with E-state index in [0.29, 0.717) is 39.7 Å². The number of fused-ring (bicyclic) bond motifs is 1. The highest BCUT2D eigenvalue weighted by molar-refractivity contribution is 5.52. The van der Waals surface area contributed by atoms with Crippen LogP contribution in [0.3, 0.4) is 0 Å². The van der Waals surface area contributed by atoms with E-state index >= 15 is 0 Å². The molecule has 1 aliphatic heterocycles. The number of rotatable bonds is 4. The minimum Gasteiger partial charge on any atom is -0.454 e. The average Bonchev–Trinajstić information content (AvgIpc) is 3.43. The van der Waals surface area contributed by atoms with E-state index < -0.39 is 11.5 Å². The lowest BCUT2D eigenvalue weighted by atomic mass is 9.85. The largest absolute Gasteiger partial charge is 0.454 e. The lowest BCUT2D eigenvalue weighted by molar-refractivity contribution is 0.174. The van der Waals surface area contributed by atoms with Gasteiger partial charge in [-0.25, -0.2) is 14.6 Å². The van der Waals surface area contributed by atoms with E-state index in [1.807, 2.05) is 43.3 Å². The summed E-state index contributed by atoms with van der Waals surface area (Å²) < 4.78 is 17.4. The van der Waals surface area contributed by atoms with E-state index in [4.69, 9.17) is 14.0 Å². The van der Waals surface area contributed by atoms with Gasteiger partial charge in [0.1, 0.15) is 0 Å². The lowest BCUT2D eigenvalue weighted by Crippen LogP contribution is -2.23. The molecule has 0 saturated carbocycles. The summed E-state index contributed by atoms with van der Waals surface area (Å²) in [6.07, 6.45) is 0. The minimum absolute atomic E-state index is 0.138. The molecule has 0 aliphatic carbocycles. The second-order valence-corrected chi connectivity index (χ2v) is 7.20. The van der Waals surface area contributed by atoms with Crippen molar-refractivity contribution in [3.63, 3.8) is 0 Å². The van der Waals surface area contributed by atoms with Crippen LogP contribution in [-0.4, -0.2) is 21.7 Å². The van der Waals surface area contributed by atoms with E-state index in [9.17, 15) is 9.59 Å². The molecule has 0 saturated heterocycles. The fourth-order valence-electron chi connectivity index (χ4n) is 3.95. The predicted molar refractivity (Wildman–Crippen MR) is 109 cm³/mol. The third kappa shape index (κ3) is 2.76. The Morgan fingerprint density at radius 3 is 2.43 bits per heavy atom. The van der Waals surface area contributed by atoms with Gasteiger partial charge < -0.3 is 14.0 Å². The van der Waals surface area contributed by atoms with Crippen LogP contribution in [-0.2, 0) is 0 Å². The number of H-pyrrole nitrogens is 2.